The third-order valence-corrected chi connectivity index (χ3v) is 3.00. The molecule has 76 valence electrons. The SMILES string of the molecule is O=C(O)C1CC1C1=C2C=NN=C2C=NC1. The van der Waals surface area contributed by atoms with Gasteiger partial charge in [-0.2, -0.15) is 5.10 Å². The molecule has 3 aliphatic rings. The molecule has 3 rings (SSSR count). The van der Waals surface area contributed by atoms with Crippen LogP contribution < -0.4 is 0 Å². The molecule has 2 atom stereocenters. The highest BCUT2D eigenvalue weighted by molar-refractivity contribution is 6.45. The van der Waals surface area contributed by atoms with Gasteiger partial charge in [0, 0.05) is 11.8 Å². The third kappa shape index (κ3) is 1.23. The van der Waals surface area contributed by atoms with E-state index < -0.39 is 5.97 Å². The zero-order chi connectivity index (χ0) is 10.4. The second-order valence-corrected chi connectivity index (χ2v) is 3.93. The molecule has 1 N–H and O–H groups in total. The summed E-state index contributed by atoms with van der Waals surface area (Å²) in [6.45, 7) is 0.592. The normalized spacial score (nSPS) is 31.6. The average Bonchev–Trinajstić information content (AvgIpc) is 2.87. The molecule has 0 aromatic heterocycles. The fraction of sp³-hybridized carbons (Fsp3) is 0.400. The van der Waals surface area contributed by atoms with E-state index in [4.69, 9.17) is 5.11 Å². The van der Waals surface area contributed by atoms with Gasteiger partial charge in [-0.15, -0.1) is 5.10 Å². The summed E-state index contributed by atoms with van der Waals surface area (Å²) in [4.78, 5) is 15.0. The van der Waals surface area contributed by atoms with Gasteiger partial charge in [0.1, 0.15) is 5.71 Å². The van der Waals surface area contributed by atoms with Crippen molar-refractivity contribution in [2.45, 2.75) is 6.42 Å². The zero-order valence-corrected chi connectivity index (χ0v) is 7.92. The molecule has 0 aromatic carbocycles. The van der Waals surface area contributed by atoms with Crippen molar-refractivity contribution in [1.29, 1.82) is 0 Å². The highest BCUT2D eigenvalue weighted by atomic mass is 16.4. The van der Waals surface area contributed by atoms with E-state index in [1.54, 1.807) is 12.4 Å². The minimum atomic E-state index is -0.712. The molecular weight excluding hydrogens is 194 g/mol. The molecule has 2 heterocycles. The number of carboxylic acid groups (broad SMARTS) is 1. The highest BCUT2D eigenvalue weighted by Gasteiger charge is 2.46. The van der Waals surface area contributed by atoms with Gasteiger partial charge in [0.15, 0.2) is 0 Å². The van der Waals surface area contributed by atoms with Gasteiger partial charge in [-0.3, -0.25) is 9.79 Å². The maximum atomic E-state index is 10.8. The predicted octanol–water partition coefficient (Wildman–Crippen LogP) is 0.528. The van der Waals surface area contributed by atoms with Crippen LogP contribution in [0.15, 0.2) is 26.3 Å². The summed E-state index contributed by atoms with van der Waals surface area (Å²) in [6.07, 6.45) is 4.13. The van der Waals surface area contributed by atoms with Crippen molar-refractivity contribution in [2.75, 3.05) is 6.54 Å². The first-order chi connectivity index (χ1) is 7.27. The average molecular weight is 203 g/mol. The lowest BCUT2D eigenvalue weighted by Crippen LogP contribution is -2.15. The van der Waals surface area contributed by atoms with Crippen LogP contribution in [-0.2, 0) is 4.79 Å². The van der Waals surface area contributed by atoms with E-state index in [9.17, 15) is 4.79 Å². The zero-order valence-electron chi connectivity index (χ0n) is 7.92. The van der Waals surface area contributed by atoms with Crippen LogP contribution in [0.5, 0.6) is 0 Å². The largest absolute Gasteiger partial charge is 0.481 e. The Kier molecular flexibility index (Phi) is 1.62. The van der Waals surface area contributed by atoms with E-state index in [0.29, 0.717) is 6.54 Å². The van der Waals surface area contributed by atoms with Crippen LogP contribution in [0.25, 0.3) is 0 Å². The Morgan fingerprint density at radius 3 is 3.07 bits per heavy atom. The number of carbonyl (C=O) groups is 1. The smallest absolute Gasteiger partial charge is 0.307 e. The van der Waals surface area contributed by atoms with Gasteiger partial charge < -0.3 is 5.11 Å². The Morgan fingerprint density at radius 2 is 2.33 bits per heavy atom. The van der Waals surface area contributed by atoms with E-state index in [1.807, 2.05) is 0 Å². The molecule has 5 nitrogen and oxygen atoms in total. The summed E-state index contributed by atoms with van der Waals surface area (Å²) < 4.78 is 0. The van der Waals surface area contributed by atoms with Gasteiger partial charge in [0.25, 0.3) is 0 Å². The monoisotopic (exact) mass is 203 g/mol. The van der Waals surface area contributed by atoms with E-state index in [1.165, 1.54) is 0 Å². The molecule has 2 aliphatic heterocycles. The molecule has 0 spiro atoms. The lowest BCUT2D eigenvalue weighted by molar-refractivity contribution is -0.138. The summed E-state index contributed by atoms with van der Waals surface area (Å²) >= 11 is 0. The molecular formula is C10H9N3O2. The highest BCUT2D eigenvalue weighted by Crippen LogP contribution is 2.46. The lowest BCUT2D eigenvalue weighted by atomic mass is 9.98. The van der Waals surface area contributed by atoms with Crippen LogP contribution in [0.2, 0.25) is 0 Å². The van der Waals surface area contributed by atoms with Crippen LogP contribution in [0.4, 0.5) is 0 Å². The molecule has 0 saturated heterocycles. The van der Waals surface area contributed by atoms with Gasteiger partial charge in [0.05, 0.1) is 18.7 Å². The predicted molar refractivity (Wildman–Crippen MR) is 55.5 cm³/mol. The van der Waals surface area contributed by atoms with Crippen LogP contribution in [0, 0.1) is 11.8 Å². The lowest BCUT2D eigenvalue weighted by Gasteiger charge is -2.10. The summed E-state index contributed by atoms with van der Waals surface area (Å²) in [5.74, 6) is -0.795. The summed E-state index contributed by atoms with van der Waals surface area (Å²) in [5, 5.41) is 16.6. The maximum absolute atomic E-state index is 10.8. The summed E-state index contributed by atoms with van der Waals surface area (Å²) in [7, 11) is 0. The second-order valence-electron chi connectivity index (χ2n) is 3.93. The number of rotatable bonds is 2. The quantitative estimate of drug-likeness (QED) is 0.710. The van der Waals surface area contributed by atoms with Crippen LogP contribution in [-0.4, -0.2) is 35.8 Å². The Balaban J connectivity index is 1.91. The topological polar surface area (TPSA) is 74.4 Å². The number of nitrogens with zero attached hydrogens (tertiary/aromatic N) is 3. The molecule has 0 radical (unpaired) electrons. The number of hydrogen-bond donors (Lipinski definition) is 1. The summed E-state index contributed by atoms with van der Waals surface area (Å²) in [6, 6.07) is 0. The van der Waals surface area contributed by atoms with Crippen LogP contribution in [0.3, 0.4) is 0 Å². The number of fused-ring (bicyclic) bond motifs is 1. The van der Waals surface area contributed by atoms with Gasteiger partial charge in [0.2, 0.25) is 0 Å². The van der Waals surface area contributed by atoms with Crippen molar-refractivity contribution in [1.82, 2.24) is 0 Å². The standard InChI is InChI=1S/C10H9N3O2/c14-10(15)6-1-5(6)7-2-11-4-9-8(7)3-12-13-9/h3-6H,1-2H2,(H,14,15). The van der Waals surface area contributed by atoms with Crippen molar-refractivity contribution in [3.05, 3.63) is 11.1 Å². The Bertz CT molecular complexity index is 459. The van der Waals surface area contributed by atoms with Gasteiger partial charge in [-0.05, 0) is 17.9 Å². The first-order valence-corrected chi connectivity index (χ1v) is 4.84. The van der Waals surface area contributed by atoms with Crippen molar-refractivity contribution >= 4 is 24.1 Å². The van der Waals surface area contributed by atoms with Gasteiger partial charge in [-0.25, -0.2) is 0 Å². The fourth-order valence-corrected chi connectivity index (χ4v) is 2.10. The van der Waals surface area contributed by atoms with E-state index in [-0.39, 0.29) is 11.8 Å². The number of allylic oxidation sites excluding steroid dienone is 1. The number of dihydropyridines is 1. The van der Waals surface area contributed by atoms with Crippen LogP contribution in [0.1, 0.15) is 6.42 Å². The fourth-order valence-electron chi connectivity index (χ4n) is 2.10. The minimum absolute atomic E-state index is 0.143. The Morgan fingerprint density at radius 1 is 1.47 bits per heavy atom. The molecule has 1 saturated carbocycles. The van der Waals surface area contributed by atoms with Crippen molar-refractivity contribution in [3.8, 4) is 0 Å². The van der Waals surface area contributed by atoms with Gasteiger partial charge in [-0.1, -0.05) is 0 Å². The Hall–Kier alpha value is -1.78. The molecule has 1 aliphatic carbocycles. The van der Waals surface area contributed by atoms with Crippen LogP contribution >= 0.6 is 0 Å². The molecule has 0 aromatic rings. The van der Waals surface area contributed by atoms with E-state index >= 15 is 0 Å². The minimum Gasteiger partial charge on any atom is -0.481 e. The van der Waals surface area contributed by atoms with E-state index in [2.05, 4.69) is 15.2 Å². The molecule has 0 amide bonds. The maximum Gasteiger partial charge on any atom is 0.307 e. The first-order valence-electron chi connectivity index (χ1n) is 4.84. The van der Waals surface area contributed by atoms with Gasteiger partial charge >= 0.3 is 5.97 Å². The number of carboxylic acids is 1. The molecule has 15 heavy (non-hydrogen) atoms. The molecule has 2 unspecified atom stereocenters. The second kappa shape index (κ2) is 2.85. The van der Waals surface area contributed by atoms with E-state index in [0.717, 1.165) is 23.3 Å². The molecule has 5 heteroatoms. The Labute approximate surface area is 85.9 Å². The van der Waals surface area contributed by atoms with Crippen molar-refractivity contribution < 1.29 is 9.90 Å². The van der Waals surface area contributed by atoms with Crippen molar-refractivity contribution in [3.63, 3.8) is 0 Å². The third-order valence-electron chi connectivity index (χ3n) is 3.00. The number of hydrogen-bond acceptors (Lipinski definition) is 4. The van der Waals surface area contributed by atoms with Crippen molar-refractivity contribution in [2.24, 2.45) is 27.0 Å². The summed E-state index contributed by atoms with van der Waals surface area (Å²) in [5.41, 5.74) is 2.84. The number of aliphatic imine (C=N–C) groups is 1. The first kappa shape index (κ1) is 8.52. The molecule has 1 fully saturated rings. The number of aliphatic carboxylic acids is 1. The molecule has 0 bridgehead atoms.